The number of hydrogen-bond acceptors (Lipinski definition) is 5. The number of benzene rings is 2. The number of pyridine rings is 1. The van der Waals surface area contributed by atoms with Crippen molar-refractivity contribution in [2.75, 3.05) is 45.8 Å². The molecule has 5 nitrogen and oxygen atoms in total. The molecule has 2 aromatic carbocycles. The van der Waals surface area contributed by atoms with Crippen LogP contribution in [0.1, 0.15) is 17.7 Å². The molecule has 32 heavy (non-hydrogen) atoms. The molecule has 2 aliphatic rings. The molecular weight excluding hydrogens is 396 g/mol. The highest BCUT2D eigenvalue weighted by Crippen LogP contribution is 2.21. The number of hydrogen-bond donors (Lipinski definition) is 1. The summed E-state index contributed by atoms with van der Waals surface area (Å²) in [6, 6.07) is 23.6. The number of para-hydroxylation sites is 1. The number of likely N-dealkylation sites (tertiary alicyclic amines) is 1. The first kappa shape index (κ1) is 21.5. The summed E-state index contributed by atoms with van der Waals surface area (Å²) in [5.74, 6) is 0. The van der Waals surface area contributed by atoms with Crippen LogP contribution in [0.15, 0.2) is 66.7 Å². The van der Waals surface area contributed by atoms with Gasteiger partial charge in [0.2, 0.25) is 0 Å². The number of aliphatic hydroxyl groups is 1. The fraction of sp³-hybridized carbons (Fsp3) is 0.444. The van der Waals surface area contributed by atoms with Gasteiger partial charge in [0.1, 0.15) is 0 Å². The summed E-state index contributed by atoms with van der Waals surface area (Å²) < 4.78 is 0. The lowest BCUT2D eigenvalue weighted by molar-refractivity contribution is -0.0310. The first-order chi connectivity index (χ1) is 15.7. The Morgan fingerprint density at radius 3 is 2.41 bits per heavy atom. The van der Waals surface area contributed by atoms with E-state index in [1.807, 2.05) is 12.1 Å². The highest BCUT2D eigenvalue weighted by atomic mass is 16.3. The van der Waals surface area contributed by atoms with Crippen LogP contribution in [0.25, 0.3) is 10.9 Å². The van der Waals surface area contributed by atoms with Crippen LogP contribution in [0.4, 0.5) is 0 Å². The molecule has 0 aliphatic carbocycles. The van der Waals surface area contributed by atoms with Gasteiger partial charge in [-0.3, -0.25) is 14.8 Å². The third-order valence-corrected chi connectivity index (χ3v) is 7.11. The van der Waals surface area contributed by atoms with Crippen LogP contribution < -0.4 is 0 Å². The summed E-state index contributed by atoms with van der Waals surface area (Å²) in [6.07, 6.45) is 1.85. The van der Waals surface area contributed by atoms with Gasteiger partial charge >= 0.3 is 0 Å². The Balaban J connectivity index is 1.09. The molecule has 2 saturated heterocycles. The smallest absolute Gasteiger partial charge is 0.0822 e. The average molecular weight is 431 g/mol. The van der Waals surface area contributed by atoms with Gasteiger partial charge in [0.15, 0.2) is 0 Å². The van der Waals surface area contributed by atoms with Crippen molar-refractivity contribution in [2.24, 2.45) is 0 Å². The quantitative estimate of drug-likeness (QED) is 0.651. The topological polar surface area (TPSA) is 42.8 Å². The van der Waals surface area contributed by atoms with Crippen LogP contribution in [0.2, 0.25) is 0 Å². The lowest BCUT2D eigenvalue weighted by Crippen LogP contribution is -2.58. The molecule has 0 unspecified atom stereocenters. The fourth-order valence-corrected chi connectivity index (χ4v) is 5.23. The Morgan fingerprint density at radius 1 is 0.812 bits per heavy atom. The number of β-amino-alcohol motifs (C(OH)–C–C–N with tert-alkyl or cyclic N) is 1. The van der Waals surface area contributed by atoms with Gasteiger partial charge < -0.3 is 10.0 Å². The van der Waals surface area contributed by atoms with E-state index < -0.39 is 0 Å². The Hall–Kier alpha value is -2.31. The van der Waals surface area contributed by atoms with Crippen molar-refractivity contribution in [3.63, 3.8) is 0 Å². The van der Waals surface area contributed by atoms with Crippen molar-refractivity contribution in [2.45, 2.75) is 31.5 Å². The van der Waals surface area contributed by atoms with Gasteiger partial charge in [0, 0.05) is 63.8 Å². The molecule has 1 aromatic heterocycles. The zero-order valence-corrected chi connectivity index (χ0v) is 18.8. The van der Waals surface area contributed by atoms with Gasteiger partial charge in [-0.05, 0) is 30.5 Å². The van der Waals surface area contributed by atoms with E-state index in [0.717, 1.165) is 76.4 Å². The number of piperazine rings is 1. The molecule has 0 bridgehead atoms. The second-order valence-corrected chi connectivity index (χ2v) is 9.27. The van der Waals surface area contributed by atoms with Gasteiger partial charge in [-0.1, -0.05) is 54.6 Å². The first-order valence-electron chi connectivity index (χ1n) is 12.0. The Bertz CT molecular complexity index is 1000. The maximum absolute atomic E-state index is 10.9. The summed E-state index contributed by atoms with van der Waals surface area (Å²) >= 11 is 0. The largest absolute Gasteiger partial charge is 0.390 e. The summed E-state index contributed by atoms with van der Waals surface area (Å²) in [4.78, 5) is 12.3. The molecule has 2 atom stereocenters. The number of rotatable bonds is 6. The molecule has 0 radical (unpaired) electrons. The number of nitrogens with zero attached hydrogens (tertiary/aromatic N) is 4. The van der Waals surface area contributed by atoms with Crippen LogP contribution in [0, 0.1) is 0 Å². The minimum atomic E-state index is -0.292. The predicted molar refractivity (Wildman–Crippen MR) is 130 cm³/mol. The zero-order chi connectivity index (χ0) is 21.8. The maximum atomic E-state index is 10.9. The fourth-order valence-electron chi connectivity index (χ4n) is 5.23. The highest BCUT2D eigenvalue weighted by molar-refractivity contribution is 5.78. The minimum absolute atomic E-state index is 0.284. The van der Waals surface area contributed by atoms with Crippen molar-refractivity contribution in [1.82, 2.24) is 19.7 Å². The maximum Gasteiger partial charge on any atom is 0.0822 e. The summed E-state index contributed by atoms with van der Waals surface area (Å²) in [6.45, 7) is 7.99. The summed E-state index contributed by atoms with van der Waals surface area (Å²) in [7, 11) is 0. The van der Waals surface area contributed by atoms with Crippen molar-refractivity contribution < 1.29 is 5.11 Å². The molecule has 168 valence electrons. The zero-order valence-electron chi connectivity index (χ0n) is 18.8. The molecule has 3 heterocycles. The molecule has 3 aromatic rings. The standard InChI is InChI=1S/C27H34N4O/c32-27-21-30(20-24-11-10-23-8-4-5-9-25(23)28-24)15-13-26(27)31-18-16-29(17-19-31)14-12-22-6-2-1-3-7-22/h1-11,26-27,32H,12-21H2/t26-,27-/m1/s1. The number of aromatic nitrogens is 1. The molecule has 1 N–H and O–H groups in total. The van der Waals surface area contributed by atoms with Gasteiger partial charge in [-0.25, -0.2) is 0 Å². The number of fused-ring (bicyclic) bond motifs is 1. The van der Waals surface area contributed by atoms with Crippen molar-refractivity contribution >= 4 is 10.9 Å². The molecular formula is C27H34N4O. The summed E-state index contributed by atoms with van der Waals surface area (Å²) in [5.41, 5.74) is 3.55. The van der Waals surface area contributed by atoms with E-state index in [1.54, 1.807) is 0 Å². The van der Waals surface area contributed by atoms with E-state index in [0.29, 0.717) is 0 Å². The minimum Gasteiger partial charge on any atom is -0.390 e. The van der Waals surface area contributed by atoms with Crippen LogP contribution in [-0.2, 0) is 13.0 Å². The third-order valence-electron chi connectivity index (χ3n) is 7.11. The highest BCUT2D eigenvalue weighted by Gasteiger charge is 2.33. The molecule has 5 heteroatoms. The predicted octanol–water partition coefficient (Wildman–Crippen LogP) is 3.03. The van der Waals surface area contributed by atoms with Crippen molar-refractivity contribution in [3.8, 4) is 0 Å². The van der Waals surface area contributed by atoms with Crippen LogP contribution in [0.3, 0.4) is 0 Å². The lowest BCUT2D eigenvalue weighted by Gasteiger charge is -2.45. The van der Waals surface area contributed by atoms with E-state index in [1.165, 1.54) is 10.9 Å². The van der Waals surface area contributed by atoms with E-state index in [2.05, 4.69) is 69.3 Å². The van der Waals surface area contributed by atoms with Crippen LogP contribution in [-0.4, -0.2) is 82.7 Å². The Kier molecular flexibility index (Phi) is 6.79. The molecule has 0 spiro atoms. The lowest BCUT2D eigenvalue weighted by atomic mass is 9.99. The molecule has 2 aliphatic heterocycles. The van der Waals surface area contributed by atoms with E-state index in [9.17, 15) is 5.11 Å². The van der Waals surface area contributed by atoms with Gasteiger partial charge in [-0.2, -0.15) is 0 Å². The van der Waals surface area contributed by atoms with E-state index in [4.69, 9.17) is 4.98 Å². The average Bonchev–Trinajstić information content (AvgIpc) is 2.84. The van der Waals surface area contributed by atoms with Gasteiger partial charge in [0.05, 0.1) is 17.3 Å². The monoisotopic (exact) mass is 430 g/mol. The van der Waals surface area contributed by atoms with Gasteiger partial charge in [0.25, 0.3) is 0 Å². The van der Waals surface area contributed by atoms with Gasteiger partial charge in [-0.15, -0.1) is 0 Å². The van der Waals surface area contributed by atoms with E-state index >= 15 is 0 Å². The SMILES string of the molecule is O[C@@H]1CN(Cc2ccc3ccccc3n2)CC[C@H]1N1CCN(CCc2ccccc2)CC1. The van der Waals surface area contributed by atoms with Crippen LogP contribution >= 0.6 is 0 Å². The number of aliphatic hydroxyl groups excluding tert-OH is 1. The molecule has 5 rings (SSSR count). The second-order valence-electron chi connectivity index (χ2n) is 9.27. The molecule has 0 saturated carbocycles. The molecule has 2 fully saturated rings. The second kappa shape index (κ2) is 10.1. The normalized spacial score (nSPS) is 23.5. The number of piperidine rings is 1. The molecule has 0 amide bonds. The van der Waals surface area contributed by atoms with Crippen LogP contribution in [0.5, 0.6) is 0 Å². The van der Waals surface area contributed by atoms with Crippen molar-refractivity contribution in [1.29, 1.82) is 0 Å². The van der Waals surface area contributed by atoms with Crippen molar-refractivity contribution in [3.05, 3.63) is 78.0 Å². The Labute approximate surface area is 191 Å². The third kappa shape index (κ3) is 5.18. The summed E-state index contributed by atoms with van der Waals surface area (Å²) in [5, 5.41) is 12.1. The first-order valence-corrected chi connectivity index (χ1v) is 12.0. The Morgan fingerprint density at radius 2 is 1.59 bits per heavy atom. The van der Waals surface area contributed by atoms with E-state index in [-0.39, 0.29) is 12.1 Å².